The first-order chi connectivity index (χ1) is 9.30. The fraction of sp³-hybridized carbons (Fsp3) is 0.312. The number of nitrogens with two attached hydrogens (primary N) is 1. The van der Waals surface area contributed by atoms with Gasteiger partial charge in [-0.05, 0) is 35.6 Å². The molecule has 1 aromatic carbocycles. The normalized spacial score (nSPS) is 12.4. The second kappa shape index (κ2) is 6.45. The van der Waals surface area contributed by atoms with Gasteiger partial charge in [0.2, 0.25) is 0 Å². The Morgan fingerprint density at radius 1 is 1.16 bits per heavy atom. The van der Waals surface area contributed by atoms with Crippen LogP contribution in [0.3, 0.4) is 0 Å². The van der Waals surface area contributed by atoms with Gasteiger partial charge in [-0.25, -0.2) is 5.43 Å². The van der Waals surface area contributed by atoms with Crippen LogP contribution in [0.4, 0.5) is 0 Å². The Hall–Kier alpha value is -1.71. The molecule has 0 aliphatic heterocycles. The molecule has 1 unspecified atom stereocenters. The second-order valence-electron chi connectivity index (χ2n) is 4.60. The van der Waals surface area contributed by atoms with Crippen LogP contribution >= 0.6 is 0 Å². The monoisotopic (exact) mass is 255 g/mol. The lowest BCUT2D eigenvalue weighted by molar-refractivity contribution is 0.613. The number of aryl methyl sites for hydroxylation is 2. The number of nitrogens with zero attached hydrogens (tertiary/aromatic N) is 1. The zero-order chi connectivity index (χ0) is 13.7. The van der Waals surface area contributed by atoms with Crippen LogP contribution in [0.25, 0.3) is 0 Å². The van der Waals surface area contributed by atoms with Gasteiger partial charge >= 0.3 is 0 Å². The number of hydrazine groups is 1. The lowest BCUT2D eigenvalue weighted by atomic mass is 9.97. The molecule has 0 radical (unpaired) electrons. The van der Waals surface area contributed by atoms with E-state index in [0.717, 1.165) is 24.1 Å². The maximum Gasteiger partial charge on any atom is 0.0884 e. The Labute approximate surface area is 114 Å². The molecule has 0 saturated heterocycles. The zero-order valence-electron chi connectivity index (χ0n) is 11.6. The average molecular weight is 255 g/mol. The molecular weight excluding hydrogens is 234 g/mol. The van der Waals surface area contributed by atoms with E-state index in [-0.39, 0.29) is 6.04 Å². The van der Waals surface area contributed by atoms with E-state index in [1.807, 2.05) is 12.3 Å². The highest BCUT2D eigenvalue weighted by Gasteiger charge is 2.16. The number of pyridine rings is 1. The van der Waals surface area contributed by atoms with Gasteiger partial charge in [0.1, 0.15) is 0 Å². The van der Waals surface area contributed by atoms with Crippen molar-refractivity contribution < 1.29 is 0 Å². The fourth-order valence-electron chi connectivity index (χ4n) is 2.34. The van der Waals surface area contributed by atoms with Gasteiger partial charge in [-0.3, -0.25) is 10.8 Å². The summed E-state index contributed by atoms with van der Waals surface area (Å²) in [6, 6.07) is 12.5. The molecule has 0 saturated carbocycles. The van der Waals surface area contributed by atoms with Crippen molar-refractivity contribution in [2.24, 2.45) is 5.84 Å². The minimum atomic E-state index is -0.0531. The number of hydrogen-bond acceptors (Lipinski definition) is 3. The molecule has 3 N–H and O–H groups in total. The Morgan fingerprint density at radius 3 is 2.68 bits per heavy atom. The van der Waals surface area contributed by atoms with Crippen molar-refractivity contribution in [2.75, 3.05) is 0 Å². The maximum atomic E-state index is 5.76. The quantitative estimate of drug-likeness (QED) is 0.638. The highest BCUT2D eigenvalue weighted by atomic mass is 15.2. The first-order valence-corrected chi connectivity index (χ1v) is 6.78. The van der Waals surface area contributed by atoms with Crippen LogP contribution in [0, 0.1) is 0 Å². The first kappa shape index (κ1) is 13.7. The van der Waals surface area contributed by atoms with Crippen LogP contribution in [-0.2, 0) is 12.8 Å². The third-order valence-corrected chi connectivity index (χ3v) is 3.44. The van der Waals surface area contributed by atoms with Crippen LogP contribution in [0.5, 0.6) is 0 Å². The molecular formula is C16H21N3. The topological polar surface area (TPSA) is 50.9 Å². The van der Waals surface area contributed by atoms with Crippen LogP contribution in [-0.4, -0.2) is 4.98 Å². The van der Waals surface area contributed by atoms with Crippen molar-refractivity contribution in [1.82, 2.24) is 10.4 Å². The summed E-state index contributed by atoms with van der Waals surface area (Å²) in [4.78, 5) is 4.51. The third kappa shape index (κ3) is 3.00. The van der Waals surface area contributed by atoms with Crippen molar-refractivity contribution in [1.29, 1.82) is 0 Å². The van der Waals surface area contributed by atoms with Crippen molar-refractivity contribution >= 4 is 0 Å². The summed E-state index contributed by atoms with van der Waals surface area (Å²) < 4.78 is 0. The standard InChI is InChI=1S/C16H21N3/c1-3-12-7-5-8-14(11-12)16(19-17)15-13(4-2)9-6-10-18-15/h5-11,16,19H,3-4,17H2,1-2H3. The van der Waals surface area contributed by atoms with E-state index in [2.05, 4.69) is 54.6 Å². The predicted molar refractivity (Wildman–Crippen MR) is 78.6 cm³/mol. The van der Waals surface area contributed by atoms with Crippen molar-refractivity contribution in [3.63, 3.8) is 0 Å². The summed E-state index contributed by atoms with van der Waals surface area (Å²) in [5.74, 6) is 5.76. The minimum absolute atomic E-state index is 0.0531. The van der Waals surface area contributed by atoms with E-state index in [1.54, 1.807) is 0 Å². The lowest BCUT2D eigenvalue weighted by Crippen LogP contribution is -2.30. The third-order valence-electron chi connectivity index (χ3n) is 3.44. The van der Waals surface area contributed by atoms with Gasteiger partial charge < -0.3 is 0 Å². The Balaban J connectivity index is 2.43. The molecule has 3 nitrogen and oxygen atoms in total. The Bertz CT molecular complexity index is 537. The van der Waals surface area contributed by atoms with Crippen LogP contribution in [0.2, 0.25) is 0 Å². The molecule has 0 fully saturated rings. The van der Waals surface area contributed by atoms with Gasteiger partial charge in [-0.1, -0.05) is 44.2 Å². The van der Waals surface area contributed by atoms with Crippen LogP contribution in [0.1, 0.15) is 42.3 Å². The average Bonchev–Trinajstić information content (AvgIpc) is 2.49. The second-order valence-corrected chi connectivity index (χ2v) is 4.60. The summed E-state index contributed by atoms with van der Waals surface area (Å²) >= 11 is 0. The van der Waals surface area contributed by atoms with Gasteiger partial charge in [0.05, 0.1) is 11.7 Å². The summed E-state index contributed by atoms with van der Waals surface area (Å²) in [6.07, 6.45) is 3.80. The van der Waals surface area contributed by atoms with Crippen molar-refractivity contribution in [3.8, 4) is 0 Å². The van der Waals surface area contributed by atoms with Gasteiger partial charge in [0, 0.05) is 6.20 Å². The molecule has 100 valence electrons. The molecule has 2 rings (SSSR count). The Morgan fingerprint density at radius 2 is 2.00 bits per heavy atom. The van der Waals surface area contributed by atoms with Gasteiger partial charge in [-0.2, -0.15) is 0 Å². The molecule has 1 heterocycles. The number of hydrogen-bond donors (Lipinski definition) is 2. The van der Waals surface area contributed by atoms with Gasteiger partial charge in [-0.15, -0.1) is 0 Å². The molecule has 0 aliphatic carbocycles. The van der Waals surface area contributed by atoms with Crippen LogP contribution in [0.15, 0.2) is 42.6 Å². The molecule has 3 heteroatoms. The maximum absolute atomic E-state index is 5.76. The van der Waals surface area contributed by atoms with E-state index in [9.17, 15) is 0 Å². The SMILES string of the molecule is CCc1cccc(C(NN)c2ncccc2CC)c1. The van der Waals surface area contributed by atoms with Crippen molar-refractivity contribution in [3.05, 3.63) is 65.0 Å². The van der Waals surface area contributed by atoms with E-state index in [1.165, 1.54) is 11.1 Å². The van der Waals surface area contributed by atoms with Crippen LogP contribution < -0.4 is 11.3 Å². The zero-order valence-corrected chi connectivity index (χ0v) is 11.6. The molecule has 19 heavy (non-hydrogen) atoms. The number of nitrogens with one attached hydrogen (secondary N) is 1. The predicted octanol–water partition coefficient (Wildman–Crippen LogP) is 2.76. The van der Waals surface area contributed by atoms with Gasteiger partial charge in [0.25, 0.3) is 0 Å². The molecule has 0 bridgehead atoms. The number of rotatable bonds is 5. The first-order valence-electron chi connectivity index (χ1n) is 6.78. The molecule has 1 atom stereocenters. The molecule has 1 aromatic heterocycles. The summed E-state index contributed by atoms with van der Waals surface area (Å²) in [5, 5.41) is 0. The largest absolute Gasteiger partial charge is 0.271 e. The van der Waals surface area contributed by atoms with Gasteiger partial charge in [0.15, 0.2) is 0 Å². The highest BCUT2D eigenvalue weighted by molar-refractivity contribution is 5.35. The minimum Gasteiger partial charge on any atom is -0.271 e. The van der Waals surface area contributed by atoms with E-state index in [4.69, 9.17) is 5.84 Å². The number of aromatic nitrogens is 1. The molecule has 0 amide bonds. The van der Waals surface area contributed by atoms with E-state index >= 15 is 0 Å². The van der Waals surface area contributed by atoms with Crippen molar-refractivity contribution in [2.45, 2.75) is 32.7 Å². The smallest absolute Gasteiger partial charge is 0.0884 e. The molecule has 0 spiro atoms. The molecule has 0 aliphatic rings. The summed E-state index contributed by atoms with van der Waals surface area (Å²) in [5.41, 5.74) is 7.62. The van der Waals surface area contributed by atoms with E-state index < -0.39 is 0 Å². The summed E-state index contributed by atoms with van der Waals surface area (Å²) in [7, 11) is 0. The lowest BCUT2D eigenvalue weighted by Gasteiger charge is -2.19. The van der Waals surface area contributed by atoms with E-state index in [0.29, 0.717) is 0 Å². The summed E-state index contributed by atoms with van der Waals surface area (Å²) in [6.45, 7) is 4.29. The fourth-order valence-corrected chi connectivity index (χ4v) is 2.34. The Kier molecular flexibility index (Phi) is 4.66. The highest BCUT2D eigenvalue weighted by Crippen LogP contribution is 2.23. The molecule has 2 aromatic rings. The number of benzene rings is 1.